The van der Waals surface area contributed by atoms with Gasteiger partial charge in [-0.25, -0.2) is 0 Å². The van der Waals surface area contributed by atoms with Gasteiger partial charge in [-0.15, -0.1) is 0 Å². The molecule has 0 aromatic heterocycles. The van der Waals surface area contributed by atoms with Crippen LogP contribution in [0.5, 0.6) is 0 Å². The molecule has 3 saturated carbocycles. The summed E-state index contributed by atoms with van der Waals surface area (Å²) in [5.41, 5.74) is 0. The van der Waals surface area contributed by atoms with Gasteiger partial charge in [0.25, 0.3) is 0 Å². The van der Waals surface area contributed by atoms with Gasteiger partial charge in [0.15, 0.2) is 0 Å². The van der Waals surface area contributed by atoms with E-state index >= 15 is 0 Å². The monoisotopic (exact) mass is 259 g/mol. The minimum Gasteiger partial charge on any atom is -0.300 e. The van der Waals surface area contributed by atoms with Crippen molar-refractivity contribution in [2.75, 3.05) is 0 Å². The fourth-order valence-corrected chi connectivity index (χ4v) is 6.62. The Morgan fingerprint density at radius 3 is 1.95 bits per heavy atom. The largest absolute Gasteiger partial charge is 0.300 e. The first-order chi connectivity index (χ1) is 9.29. The molecule has 0 aromatic rings. The van der Waals surface area contributed by atoms with E-state index in [0.29, 0.717) is 17.9 Å². The van der Waals surface area contributed by atoms with Crippen molar-refractivity contribution in [1.82, 2.24) is 4.90 Å². The minimum atomic E-state index is 0.548. The van der Waals surface area contributed by atoms with Crippen molar-refractivity contribution in [3.05, 3.63) is 0 Å². The molecule has 5 aliphatic rings. The van der Waals surface area contributed by atoms with E-state index in [0.717, 1.165) is 42.6 Å². The average Bonchev–Trinajstić information content (AvgIpc) is 2.30. The number of hydrogen-bond donors (Lipinski definition) is 0. The van der Waals surface area contributed by atoms with E-state index in [9.17, 15) is 4.79 Å². The molecule has 2 nitrogen and oxygen atoms in total. The van der Waals surface area contributed by atoms with Crippen LogP contribution < -0.4 is 0 Å². The second-order valence-corrected chi connectivity index (χ2v) is 8.09. The third-order valence-electron chi connectivity index (χ3n) is 7.26. The maximum Gasteiger partial charge on any atom is 0.136 e. The molecular weight excluding hydrogens is 234 g/mol. The molecule has 5 rings (SSSR count). The molecule has 2 bridgehead atoms. The lowest BCUT2D eigenvalue weighted by Crippen LogP contribution is -2.63. The summed E-state index contributed by atoms with van der Waals surface area (Å²) in [6, 6.07) is 2.09. The Bertz CT molecular complexity index is 387. The molecule has 0 radical (unpaired) electrons. The summed E-state index contributed by atoms with van der Waals surface area (Å²) in [6.07, 6.45) is 11.7. The highest BCUT2D eigenvalue weighted by molar-refractivity contribution is 5.80. The topological polar surface area (TPSA) is 20.3 Å². The first kappa shape index (κ1) is 11.3. The predicted molar refractivity (Wildman–Crippen MR) is 73.7 cm³/mol. The number of hydrogen-bond acceptors (Lipinski definition) is 2. The van der Waals surface area contributed by atoms with Crippen LogP contribution in [-0.4, -0.2) is 28.8 Å². The molecule has 5 fully saturated rings. The van der Waals surface area contributed by atoms with Crippen molar-refractivity contribution >= 4 is 5.78 Å². The van der Waals surface area contributed by atoms with Gasteiger partial charge in [-0.1, -0.05) is 6.42 Å². The summed E-state index contributed by atoms with van der Waals surface area (Å²) in [5.74, 6) is 4.97. The zero-order valence-electron chi connectivity index (χ0n) is 11.8. The van der Waals surface area contributed by atoms with Crippen LogP contribution in [0.2, 0.25) is 0 Å². The van der Waals surface area contributed by atoms with Crippen LogP contribution in [0.1, 0.15) is 57.8 Å². The molecule has 2 heterocycles. The van der Waals surface area contributed by atoms with Crippen LogP contribution >= 0.6 is 0 Å². The third-order valence-corrected chi connectivity index (χ3v) is 7.26. The van der Waals surface area contributed by atoms with Gasteiger partial charge in [-0.05, 0) is 62.2 Å². The van der Waals surface area contributed by atoms with Crippen LogP contribution in [-0.2, 0) is 4.79 Å². The maximum atomic E-state index is 11.9. The number of Topliss-reactive ketones (excluding diaryl/α,β-unsaturated/α-hetero) is 1. The normalized spacial score (nSPS) is 56.0. The lowest BCUT2D eigenvalue weighted by Gasteiger charge is -2.65. The Hall–Kier alpha value is -0.370. The van der Waals surface area contributed by atoms with Crippen molar-refractivity contribution in [2.24, 2.45) is 23.7 Å². The number of nitrogens with zero attached hydrogens (tertiary/aromatic N) is 1. The molecule has 2 heteroatoms. The van der Waals surface area contributed by atoms with Crippen LogP contribution in [0.25, 0.3) is 0 Å². The molecule has 3 aliphatic carbocycles. The van der Waals surface area contributed by atoms with Crippen LogP contribution in [0.3, 0.4) is 0 Å². The molecular formula is C17H25NO. The molecule has 3 unspecified atom stereocenters. The van der Waals surface area contributed by atoms with Gasteiger partial charge in [-0.2, -0.15) is 0 Å². The fourth-order valence-electron chi connectivity index (χ4n) is 6.62. The van der Waals surface area contributed by atoms with Crippen molar-refractivity contribution in [3.8, 4) is 0 Å². The zero-order valence-corrected chi connectivity index (χ0v) is 11.8. The molecule has 0 spiro atoms. The predicted octanol–water partition coefficient (Wildman–Crippen LogP) is 3.01. The molecule has 7 atom stereocenters. The lowest BCUT2D eigenvalue weighted by molar-refractivity contribution is -0.160. The summed E-state index contributed by atoms with van der Waals surface area (Å²) < 4.78 is 0. The highest BCUT2D eigenvalue weighted by Crippen LogP contribution is 2.64. The summed E-state index contributed by atoms with van der Waals surface area (Å²) >= 11 is 0. The molecule has 19 heavy (non-hydrogen) atoms. The Labute approximate surface area is 115 Å². The summed E-state index contributed by atoms with van der Waals surface area (Å²) in [6.45, 7) is 0. The standard InChI is InChI=1S/C17H25NO/c19-16-8-13-2-1-3-14(9-16)18(13)15-6-11-4-10-5-12(7-15)17(10)11/h10-15,17H,1-9H2/t10-,11+,12-,13?,14?,15+,17?. The number of carbonyl (C=O) groups is 1. The van der Waals surface area contributed by atoms with E-state index in [-0.39, 0.29) is 0 Å². The first-order valence-electron chi connectivity index (χ1n) is 8.58. The Balaban J connectivity index is 1.38. The van der Waals surface area contributed by atoms with Crippen LogP contribution in [0.15, 0.2) is 0 Å². The van der Waals surface area contributed by atoms with E-state index < -0.39 is 0 Å². The molecule has 2 aliphatic heterocycles. The Morgan fingerprint density at radius 1 is 0.789 bits per heavy atom. The van der Waals surface area contributed by atoms with E-state index in [4.69, 9.17) is 0 Å². The highest BCUT2D eigenvalue weighted by atomic mass is 16.1. The quantitative estimate of drug-likeness (QED) is 0.721. The van der Waals surface area contributed by atoms with Crippen molar-refractivity contribution in [3.63, 3.8) is 0 Å². The second-order valence-electron chi connectivity index (χ2n) is 8.09. The minimum absolute atomic E-state index is 0.548. The van der Waals surface area contributed by atoms with Crippen molar-refractivity contribution < 1.29 is 4.79 Å². The summed E-state index contributed by atoms with van der Waals surface area (Å²) in [5, 5.41) is 0. The van der Waals surface area contributed by atoms with E-state index in [1.54, 1.807) is 12.8 Å². The SMILES string of the molecule is O=C1CC2CCCC(C1)N2[C@@H]1C[C@H]2C[C@H]3C[C@@H](C1)C32. The first-order valence-corrected chi connectivity index (χ1v) is 8.58. The Morgan fingerprint density at radius 2 is 1.37 bits per heavy atom. The molecule has 0 amide bonds. The van der Waals surface area contributed by atoms with Gasteiger partial charge in [0.1, 0.15) is 5.78 Å². The van der Waals surface area contributed by atoms with Gasteiger partial charge >= 0.3 is 0 Å². The number of ketones is 1. The number of carbonyl (C=O) groups excluding carboxylic acids is 1. The summed E-state index contributed by atoms with van der Waals surface area (Å²) in [4.78, 5) is 14.7. The number of rotatable bonds is 1. The van der Waals surface area contributed by atoms with Gasteiger partial charge < -0.3 is 0 Å². The lowest BCUT2D eigenvalue weighted by atomic mass is 9.43. The fraction of sp³-hybridized carbons (Fsp3) is 0.941. The Kier molecular flexibility index (Phi) is 2.29. The highest BCUT2D eigenvalue weighted by Gasteiger charge is 2.58. The van der Waals surface area contributed by atoms with Crippen molar-refractivity contribution in [2.45, 2.75) is 75.9 Å². The van der Waals surface area contributed by atoms with Gasteiger partial charge in [-0.3, -0.25) is 9.69 Å². The van der Waals surface area contributed by atoms with E-state index in [1.807, 2.05) is 0 Å². The maximum absolute atomic E-state index is 11.9. The molecule has 0 N–H and O–H groups in total. The van der Waals surface area contributed by atoms with Crippen LogP contribution in [0, 0.1) is 23.7 Å². The van der Waals surface area contributed by atoms with Gasteiger partial charge in [0.2, 0.25) is 0 Å². The molecule has 0 aromatic carbocycles. The van der Waals surface area contributed by atoms with Gasteiger partial charge in [0.05, 0.1) is 0 Å². The van der Waals surface area contributed by atoms with Gasteiger partial charge in [0, 0.05) is 31.0 Å². The van der Waals surface area contributed by atoms with Crippen LogP contribution in [0.4, 0.5) is 0 Å². The second kappa shape index (κ2) is 3.84. The van der Waals surface area contributed by atoms with E-state index in [1.165, 1.54) is 32.1 Å². The smallest absolute Gasteiger partial charge is 0.136 e. The third kappa shape index (κ3) is 1.50. The molecule has 104 valence electrons. The average molecular weight is 259 g/mol. The number of fused-ring (bicyclic) bond motifs is 2. The van der Waals surface area contributed by atoms with Crippen molar-refractivity contribution in [1.29, 1.82) is 0 Å². The number of piperidine rings is 2. The molecule has 2 saturated heterocycles. The van der Waals surface area contributed by atoms with E-state index in [2.05, 4.69) is 4.90 Å². The summed E-state index contributed by atoms with van der Waals surface area (Å²) in [7, 11) is 0. The zero-order chi connectivity index (χ0) is 12.6.